The Hall–Kier alpha value is -0.910. The molecule has 1 aliphatic heterocycles. The second-order valence-electron chi connectivity index (χ2n) is 4.65. The number of benzene rings is 1. The summed E-state index contributed by atoms with van der Waals surface area (Å²) in [5.74, 6) is 0. The highest BCUT2D eigenvalue weighted by Gasteiger charge is 2.50. The summed E-state index contributed by atoms with van der Waals surface area (Å²) in [6.45, 7) is 4.17. The molecule has 1 aromatic carbocycles. The molecule has 0 atom stereocenters. The van der Waals surface area contributed by atoms with E-state index in [9.17, 15) is 8.42 Å². The Labute approximate surface area is 102 Å². The predicted octanol–water partition coefficient (Wildman–Crippen LogP) is 0.805. The molecule has 2 N–H and O–H groups in total. The smallest absolute Gasteiger partial charge is 0.190 e. The molecule has 1 aromatic rings. The fourth-order valence-corrected chi connectivity index (χ4v) is 3.94. The maximum absolute atomic E-state index is 12.6. The van der Waals surface area contributed by atoms with Crippen LogP contribution in [-0.2, 0) is 14.6 Å². The molecule has 0 aliphatic carbocycles. The van der Waals surface area contributed by atoms with Gasteiger partial charge in [0, 0.05) is 6.54 Å². The normalized spacial score (nSPS) is 18.8. The Kier molecular flexibility index (Phi) is 3.01. The maximum atomic E-state index is 12.6. The van der Waals surface area contributed by atoms with Crippen LogP contribution in [-0.4, -0.2) is 32.9 Å². The molecule has 5 heteroatoms. The molecule has 0 radical (unpaired) electrons. The molecular weight excluding hydrogens is 238 g/mol. The highest BCUT2D eigenvalue weighted by atomic mass is 32.2. The Morgan fingerprint density at radius 1 is 1.35 bits per heavy atom. The monoisotopic (exact) mass is 255 g/mol. The second-order valence-corrected chi connectivity index (χ2v) is 6.97. The summed E-state index contributed by atoms with van der Waals surface area (Å²) >= 11 is 0. The third-order valence-corrected chi connectivity index (χ3v) is 5.87. The van der Waals surface area contributed by atoms with Crippen molar-refractivity contribution in [3.8, 4) is 0 Å². The van der Waals surface area contributed by atoms with Gasteiger partial charge in [0.1, 0.15) is 4.75 Å². The number of hydrogen-bond acceptors (Lipinski definition) is 4. The molecule has 1 fully saturated rings. The zero-order valence-electron chi connectivity index (χ0n) is 10.1. The number of nitrogens with two attached hydrogens (primary N) is 1. The minimum Gasteiger partial charge on any atom is -0.378 e. The van der Waals surface area contributed by atoms with Crippen molar-refractivity contribution in [2.24, 2.45) is 5.73 Å². The van der Waals surface area contributed by atoms with E-state index >= 15 is 0 Å². The minimum absolute atomic E-state index is 0.0999. The van der Waals surface area contributed by atoms with Crippen LogP contribution in [0, 0.1) is 13.8 Å². The first-order chi connectivity index (χ1) is 7.93. The van der Waals surface area contributed by atoms with Crippen LogP contribution in [0.15, 0.2) is 23.1 Å². The van der Waals surface area contributed by atoms with Crippen LogP contribution in [0.1, 0.15) is 11.1 Å². The van der Waals surface area contributed by atoms with Crippen LogP contribution in [0.25, 0.3) is 0 Å². The number of rotatable bonds is 3. The number of hydrogen-bond donors (Lipinski definition) is 1. The second kappa shape index (κ2) is 4.08. The first kappa shape index (κ1) is 12.5. The average molecular weight is 255 g/mol. The van der Waals surface area contributed by atoms with Crippen molar-refractivity contribution in [1.82, 2.24) is 0 Å². The van der Waals surface area contributed by atoms with Gasteiger partial charge in [0.15, 0.2) is 9.84 Å². The van der Waals surface area contributed by atoms with Crippen molar-refractivity contribution >= 4 is 9.84 Å². The van der Waals surface area contributed by atoms with Gasteiger partial charge in [0.05, 0.1) is 18.1 Å². The van der Waals surface area contributed by atoms with Crippen LogP contribution >= 0.6 is 0 Å². The van der Waals surface area contributed by atoms with Crippen molar-refractivity contribution < 1.29 is 13.2 Å². The third kappa shape index (κ3) is 1.78. The van der Waals surface area contributed by atoms with E-state index in [0.29, 0.717) is 4.90 Å². The lowest BCUT2D eigenvalue weighted by Crippen LogP contribution is -2.60. The van der Waals surface area contributed by atoms with Gasteiger partial charge in [0.2, 0.25) is 0 Å². The standard InChI is InChI=1S/C12H17NO3S/c1-9-3-4-10(2)11(5-9)17(14,15)12(6-13)7-16-8-12/h3-5H,6-8,13H2,1-2H3. The Morgan fingerprint density at radius 2 is 2.00 bits per heavy atom. The predicted molar refractivity (Wildman–Crippen MR) is 65.7 cm³/mol. The highest BCUT2D eigenvalue weighted by molar-refractivity contribution is 7.93. The molecule has 1 heterocycles. The van der Waals surface area contributed by atoms with Gasteiger partial charge in [-0.15, -0.1) is 0 Å². The number of ether oxygens (including phenoxy) is 1. The van der Waals surface area contributed by atoms with Crippen LogP contribution < -0.4 is 5.73 Å². The van der Waals surface area contributed by atoms with E-state index in [0.717, 1.165) is 11.1 Å². The van der Waals surface area contributed by atoms with Crippen LogP contribution in [0.5, 0.6) is 0 Å². The van der Waals surface area contributed by atoms with E-state index in [4.69, 9.17) is 10.5 Å². The van der Waals surface area contributed by atoms with Gasteiger partial charge < -0.3 is 10.5 Å². The molecule has 2 rings (SSSR count). The molecule has 1 saturated heterocycles. The summed E-state index contributed by atoms with van der Waals surface area (Å²) < 4.78 is 29.3. The van der Waals surface area contributed by atoms with Crippen molar-refractivity contribution in [2.75, 3.05) is 19.8 Å². The largest absolute Gasteiger partial charge is 0.378 e. The minimum atomic E-state index is -3.42. The van der Waals surface area contributed by atoms with Crippen molar-refractivity contribution in [2.45, 2.75) is 23.5 Å². The lowest BCUT2D eigenvalue weighted by atomic mass is 10.1. The first-order valence-corrected chi connectivity index (χ1v) is 7.01. The summed E-state index contributed by atoms with van der Waals surface area (Å²) in [5, 5.41) is 0. The molecular formula is C12H17NO3S. The molecule has 4 nitrogen and oxygen atoms in total. The van der Waals surface area contributed by atoms with Gasteiger partial charge in [-0.1, -0.05) is 12.1 Å². The SMILES string of the molecule is Cc1ccc(C)c(S(=O)(=O)C2(CN)COC2)c1. The molecule has 0 aromatic heterocycles. The van der Waals surface area contributed by atoms with E-state index < -0.39 is 14.6 Å². The van der Waals surface area contributed by atoms with E-state index in [1.807, 2.05) is 19.1 Å². The Bertz CT molecular complexity index is 527. The molecule has 0 amide bonds. The maximum Gasteiger partial charge on any atom is 0.190 e. The average Bonchev–Trinajstić information content (AvgIpc) is 2.20. The van der Waals surface area contributed by atoms with Gasteiger partial charge in [-0.25, -0.2) is 8.42 Å². The number of sulfone groups is 1. The summed E-state index contributed by atoms with van der Waals surface area (Å²) in [4.78, 5) is 0.381. The summed E-state index contributed by atoms with van der Waals surface area (Å²) in [7, 11) is -3.42. The summed E-state index contributed by atoms with van der Waals surface area (Å²) in [6.07, 6.45) is 0. The van der Waals surface area contributed by atoms with Gasteiger partial charge in [0.25, 0.3) is 0 Å². The topological polar surface area (TPSA) is 69.4 Å². The zero-order valence-corrected chi connectivity index (χ0v) is 10.9. The summed E-state index contributed by atoms with van der Waals surface area (Å²) in [5.41, 5.74) is 7.31. The van der Waals surface area contributed by atoms with Crippen LogP contribution in [0.2, 0.25) is 0 Å². The Balaban J connectivity index is 2.55. The highest BCUT2D eigenvalue weighted by Crippen LogP contribution is 2.33. The third-order valence-electron chi connectivity index (χ3n) is 3.31. The lowest BCUT2D eigenvalue weighted by molar-refractivity contribution is -0.00926. The first-order valence-electron chi connectivity index (χ1n) is 5.53. The van der Waals surface area contributed by atoms with Crippen LogP contribution in [0.4, 0.5) is 0 Å². The molecule has 17 heavy (non-hydrogen) atoms. The van der Waals surface area contributed by atoms with Gasteiger partial charge in [-0.2, -0.15) is 0 Å². The van der Waals surface area contributed by atoms with E-state index in [2.05, 4.69) is 0 Å². The molecule has 1 aliphatic rings. The van der Waals surface area contributed by atoms with Crippen LogP contribution in [0.3, 0.4) is 0 Å². The molecule has 0 spiro atoms. The zero-order chi connectivity index (χ0) is 12.7. The van der Waals surface area contributed by atoms with Gasteiger partial charge in [-0.05, 0) is 31.0 Å². The fraction of sp³-hybridized carbons (Fsp3) is 0.500. The Morgan fingerprint density at radius 3 is 2.47 bits per heavy atom. The number of aryl methyl sites for hydroxylation is 2. The van der Waals surface area contributed by atoms with Gasteiger partial charge in [-0.3, -0.25) is 0 Å². The quantitative estimate of drug-likeness (QED) is 0.867. The van der Waals surface area contributed by atoms with Gasteiger partial charge >= 0.3 is 0 Å². The molecule has 0 unspecified atom stereocenters. The van der Waals surface area contributed by atoms with E-state index in [-0.39, 0.29) is 19.8 Å². The fourth-order valence-electron chi connectivity index (χ4n) is 1.94. The van der Waals surface area contributed by atoms with E-state index in [1.54, 1.807) is 13.0 Å². The molecule has 0 saturated carbocycles. The van der Waals surface area contributed by atoms with Crippen molar-refractivity contribution in [3.05, 3.63) is 29.3 Å². The summed E-state index contributed by atoms with van der Waals surface area (Å²) in [6, 6.07) is 5.44. The molecule has 0 bridgehead atoms. The van der Waals surface area contributed by atoms with E-state index in [1.165, 1.54) is 0 Å². The lowest BCUT2D eigenvalue weighted by Gasteiger charge is -2.39. The van der Waals surface area contributed by atoms with Crippen molar-refractivity contribution in [1.29, 1.82) is 0 Å². The molecule has 94 valence electrons. The van der Waals surface area contributed by atoms with Crippen molar-refractivity contribution in [3.63, 3.8) is 0 Å².